The number of rotatable bonds is 2. The Bertz CT molecular complexity index is 421. The van der Waals surface area contributed by atoms with Gasteiger partial charge in [-0.3, -0.25) is 4.79 Å². The molecule has 0 aliphatic rings. The van der Waals surface area contributed by atoms with Crippen molar-refractivity contribution in [3.05, 3.63) is 34.9 Å². The van der Waals surface area contributed by atoms with Crippen molar-refractivity contribution in [1.29, 1.82) is 0 Å². The third-order valence-corrected chi connectivity index (χ3v) is 1.77. The van der Waals surface area contributed by atoms with E-state index < -0.39 is 5.82 Å². The fraction of sp³-hybridized carbons (Fsp3) is 0.200. The Kier molecular flexibility index (Phi) is 2.82. The lowest BCUT2D eigenvalue weighted by Crippen LogP contribution is -1.96. The Balaban J connectivity index is 3.42. The van der Waals surface area contributed by atoms with Crippen molar-refractivity contribution < 1.29 is 13.9 Å². The molecule has 3 nitrogen and oxygen atoms in total. The number of benzene rings is 1. The van der Waals surface area contributed by atoms with Crippen molar-refractivity contribution >= 4 is 11.5 Å². The molecule has 0 atom stereocenters. The predicted molar refractivity (Wildman–Crippen MR) is 49.2 cm³/mol. The highest BCUT2D eigenvalue weighted by Gasteiger charge is 2.12. The lowest BCUT2D eigenvalue weighted by atomic mass is 10.1. The van der Waals surface area contributed by atoms with E-state index in [0.717, 1.165) is 6.07 Å². The van der Waals surface area contributed by atoms with E-state index in [2.05, 4.69) is 4.85 Å². The molecule has 0 aliphatic carbocycles. The molecule has 0 amide bonds. The number of carbonyl (C=O) groups is 1. The topological polar surface area (TPSA) is 30.7 Å². The first-order valence-electron chi connectivity index (χ1n) is 3.86. The number of nitrogens with zero attached hydrogens (tertiary/aromatic N) is 1. The summed E-state index contributed by atoms with van der Waals surface area (Å²) in [5.41, 5.74) is 0.189. The van der Waals surface area contributed by atoms with Crippen LogP contribution in [0, 0.1) is 12.4 Å². The van der Waals surface area contributed by atoms with E-state index >= 15 is 0 Å². The highest BCUT2D eigenvalue weighted by atomic mass is 19.1. The number of hydrogen-bond acceptors (Lipinski definition) is 2. The maximum absolute atomic E-state index is 13.1. The number of hydrogen-bond donors (Lipinski definition) is 0. The highest BCUT2D eigenvalue weighted by molar-refractivity contribution is 6.00. The third-order valence-electron chi connectivity index (χ3n) is 1.77. The van der Waals surface area contributed by atoms with Gasteiger partial charge in [-0.1, -0.05) is 0 Å². The van der Waals surface area contributed by atoms with Crippen molar-refractivity contribution in [3.63, 3.8) is 0 Å². The predicted octanol–water partition coefficient (Wildman–Crippen LogP) is 2.59. The van der Waals surface area contributed by atoms with Crippen LogP contribution in [0.15, 0.2) is 12.1 Å². The van der Waals surface area contributed by atoms with E-state index in [1.54, 1.807) is 0 Å². The van der Waals surface area contributed by atoms with E-state index in [4.69, 9.17) is 11.3 Å². The Morgan fingerprint density at radius 3 is 2.64 bits per heavy atom. The quantitative estimate of drug-likeness (QED) is 0.533. The molecule has 14 heavy (non-hydrogen) atoms. The molecule has 0 saturated heterocycles. The van der Waals surface area contributed by atoms with Crippen molar-refractivity contribution in [2.24, 2.45) is 0 Å². The molecule has 0 radical (unpaired) electrons. The van der Waals surface area contributed by atoms with Gasteiger partial charge in [0.1, 0.15) is 5.78 Å². The van der Waals surface area contributed by atoms with Crippen LogP contribution >= 0.6 is 0 Å². The zero-order chi connectivity index (χ0) is 10.7. The maximum Gasteiger partial charge on any atom is 0.200 e. The molecule has 0 spiro atoms. The monoisotopic (exact) mass is 193 g/mol. The molecule has 0 saturated carbocycles. The number of halogens is 1. The Morgan fingerprint density at radius 1 is 1.57 bits per heavy atom. The molecular formula is C10H8FNO2. The maximum atomic E-state index is 13.1. The second-order valence-corrected chi connectivity index (χ2v) is 2.67. The molecule has 0 aromatic heterocycles. The van der Waals surface area contributed by atoms with E-state index in [1.807, 2.05) is 0 Å². The largest absolute Gasteiger partial charge is 0.494 e. The van der Waals surface area contributed by atoms with Gasteiger partial charge in [-0.25, -0.2) is 9.24 Å². The number of methoxy groups -OCH3 is 1. The Morgan fingerprint density at radius 2 is 2.21 bits per heavy atom. The van der Waals surface area contributed by atoms with Gasteiger partial charge in [0, 0.05) is 5.56 Å². The number of carbonyl (C=O) groups excluding carboxylic acids is 1. The summed E-state index contributed by atoms with van der Waals surface area (Å²) in [6.45, 7) is 8.09. The minimum absolute atomic E-state index is 0.0100. The summed E-state index contributed by atoms with van der Waals surface area (Å²) in [5, 5.41) is 0. The average molecular weight is 193 g/mol. The summed E-state index contributed by atoms with van der Waals surface area (Å²) in [6.07, 6.45) is 0. The molecule has 1 aromatic carbocycles. The van der Waals surface area contributed by atoms with Crippen LogP contribution in [0.3, 0.4) is 0 Å². The molecular weight excluding hydrogens is 185 g/mol. The van der Waals surface area contributed by atoms with E-state index in [-0.39, 0.29) is 22.8 Å². The van der Waals surface area contributed by atoms with Gasteiger partial charge in [-0.05, 0) is 19.1 Å². The first-order valence-corrected chi connectivity index (χ1v) is 3.86. The van der Waals surface area contributed by atoms with Crippen LogP contribution in [0.4, 0.5) is 10.1 Å². The second kappa shape index (κ2) is 3.88. The molecule has 1 rings (SSSR count). The molecule has 0 aliphatic heterocycles. The van der Waals surface area contributed by atoms with Crippen LogP contribution in [0.2, 0.25) is 0 Å². The highest BCUT2D eigenvalue weighted by Crippen LogP contribution is 2.28. The van der Waals surface area contributed by atoms with Crippen molar-refractivity contribution in [1.82, 2.24) is 0 Å². The first kappa shape index (κ1) is 10.2. The van der Waals surface area contributed by atoms with Crippen molar-refractivity contribution in [2.75, 3.05) is 7.11 Å². The van der Waals surface area contributed by atoms with Gasteiger partial charge in [0.25, 0.3) is 0 Å². The zero-order valence-electron chi connectivity index (χ0n) is 7.80. The SMILES string of the molecule is [C-]#[N+]c1cc(F)c(OC)cc1C(C)=O. The van der Waals surface area contributed by atoms with Gasteiger partial charge in [-0.2, -0.15) is 0 Å². The molecule has 1 aromatic rings. The molecule has 0 heterocycles. The lowest BCUT2D eigenvalue weighted by Gasteiger charge is -2.05. The summed E-state index contributed by atoms with van der Waals surface area (Å²) in [6, 6.07) is 2.24. The van der Waals surface area contributed by atoms with Crippen molar-refractivity contribution in [3.8, 4) is 5.75 Å². The molecule has 0 unspecified atom stereocenters. The fourth-order valence-corrected chi connectivity index (χ4v) is 1.07. The Labute approximate surface area is 80.9 Å². The smallest absolute Gasteiger partial charge is 0.200 e. The summed E-state index contributed by atoms with van der Waals surface area (Å²) < 4.78 is 17.8. The van der Waals surface area contributed by atoms with E-state index in [9.17, 15) is 9.18 Å². The van der Waals surface area contributed by atoms with Gasteiger partial charge in [0.15, 0.2) is 11.6 Å². The van der Waals surface area contributed by atoms with Crippen LogP contribution in [0.1, 0.15) is 17.3 Å². The van der Waals surface area contributed by atoms with Crippen LogP contribution in [0.5, 0.6) is 5.75 Å². The van der Waals surface area contributed by atoms with Crippen LogP contribution < -0.4 is 4.74 Å². The van der Waals surface area contributed by atoms with Gasteiger partial charge < -0.3 is 4.74 Å². The fourth-order valence-electron chi connectivity index (χ4n) is 1.07. The number of ketones is 1. The molecule has 0 N–H and O–H groups in total. The average Bonchev–Trinajstić information content (AvgIpc) is 2.16. The van der Waals surface area contributed by atoms with Gasteiger partial charge in [-0.15, -0.1) is 0 Å². The zero-order valence-corrected chi connectivity index (χ0v) is 7.80. The minimum atomic E-state index is -0.636. The normalized spacial score (nSPS) is 9.29. The van der Waals surface area contributed by atoms with Crippen LogP contribution in [-0.4, -0.2) is 12.9 Å². The summed E-state index contributed by atoms with van der Waals surface area (Å²) in [5.74, 6) is -0.944. The summed E-state index contributed by atoms with van der Waals surface area (Å²) in [4.78, 5) is 14.1. The van der Waals surface area contributed by atoms with Gasteiger partial charge in [0.05, 0.1) is 13.7 Å². The summed E-state index contributed by atoms with van der Waals surface area (Å²) in [7, 11) is 1.31. The van der Waals surface area contributed by atoms with Crippen LogP contribution in [0.25, 0.3) is 4.85 Å². The first-order chi connectivity index (χ1) is 6.60. The van der Waals surface area contributed by atoms with Gasteiger partial charge in [0.2, 0.25) is 5.69 Å². The number of ether oxygens (including phenoxy) is 1. The molecule has 0 fully saturated rings. The summed E-state index contributed by atoms with van der Waals surface area (Å²) >= 11 is 0. The molecule has 0 bridgehead atoms. The lowest BCUT2D eigenvalue weighted by molar-refractivity contribution is 0.101. The van der Waals surface area contributed by atoms with Crippen LogP contribution in [-0.2, 0) is 0 Å². The van der Waals surface area contributed by atoms with E-state index in [1.165, 1.54) is 20.1 Å². The van der Waals surface area contributed by atoms with E-state index in [0.29, 0.717) is 0 Å². The number of Topliss-reactive ketones (excluding diaryl/α,β-unsaturated/α-hetero) is 1. The minimum Gasteiger partial charge on any atom is -0.494 e. The molecule has 72 valence electrons. The Hall–Kier alpha value is -1.89. The third kappa shape index (κ3) is 1.72. The second-order valence-electron chi connectivity index (χ2n) is 2.67. The van der Waals surface area contributed by atoms with Crippen molar-refractivity contribution in [2.45, 2.75) is 6.92 Å². The standard InChI is InChI=1S/C10H8FNO2/c1-6(13)7-4-10(14-3)8(11)5-9(7)12-2/h4-5H,1,3H3. The van der Waals surface area contributed by atoms with Gasteiger partial charge >= 0.3 is 0 Å². The molecule has 4 heteroatoms.